The standard InChI is InChI=1S/C19H24N4O/c1-14-6-5-7-16(10-14)18-21-11-15(12-22-18)13-23-9-4-3-8-17(23)19(24)20-2/h5-7,10-12,17H,3-4,8-9,13H2,1-2H3,(H,20,24)/t17-/m0/s1. The second kappa shape index (κ2) is 7.53. The van der Waals surface area contributed by atoms with Gasteiger partial charge in [0.25, 0.3) is 0 Å². The van der Waals surface area contributed by atoms with Crippen molar-refractivity contribution in [2.75, 3.05) is 13.6 Å². The molecule has 24 heavy (non-hydrogen) atoms. The molecule has 5 heteroatoms. The van der Waals surface area contributed by atoms with Crippen LogP contribution in [0.2, 0.25) is 0 Å². The first kappa shape index (κ1) is 16.6. The van der Waals surface area contributed by atoms with E-state index in [1.54, 1.807) is 7.05 Å². The minimum absolute atomic E-state index is 0.0415. The van der Waals surface area contributed by atoms with E-state index in [-0.39, 0.29) is 11.9 Å². The summed E-state index contributed by atoms with van der Waals surface area (Å²) < 4.78 is 0. The average Bonchev–Trinajstić information content (AvgIpc) is 2.62. The van der Waals surface area contributed by atoms with Crippen molar-refractivity contribution in [1.82, 2.24) is 20.2 Å². The molecule has 0 spiro atoms. The molecule has 1 amide bonds. The third-order valence-corrected chi connectivity index (χ3v) is 4.53. The van der Waals surface area contributed by atoms with E-state index in [1.165, 1.54) is 5.56 Å². The van der Waals surface area contributed by atoms with Gasteiger partial charge in [-0.25, -0.2) is 9.97 Å². The molecule has 0 aliphatic carbocycles. The second-order valence-electron chi connectivity index (χ2n) is 6.38. The molecule has 1 fully saturated rings. The lowest BCUT2D eigenvalue weighted by Gasteiger charge is -2.34. The van der Waals surface area contributed by atoms with Crippen LogP contribution in [0.4, 0.5) is 0 Å². The summed E-state index contributed by atoms with van der Waals surface area (Å²) in [6, 6.07) is 8.15. The summed E-state index contributed by atoms with van der Waals surface area (Å²) in [5, 5.41) is 2.77. The van der Waals surface area contributed by atoms with Crippen LogP contribution in [-0.4, -0.2) is 40.4 Å². The highest BCUT2D eigenvalue weighted by Gasteiger charge is 2.27. The lowest BCUT2D eigenvalue weighted by molar-refractivity contribution is -0.127. The first-order valence-corrected chi connectivity index (χ1v) is 8.51. The fraction of sp³-hybridized carbons (Fsp3) is 0.421. The zero-order chi connectivity index (χ0) is 16.9. The molecular formula is C19H24N4O. The van der Waals surface area contributed by atoms with Crippen LogP contribution in [0.1, 0.15) is 30.4 Å². The minimum atomic E-state index is -0.0415. The SMILES string of the molecule is CNC(=O)[C@@H]1CCCCN1Cc1cnc(-c2cccc(C)c2)nc1. The van der Waals surface area contributed by atoms with Crippen LogP contribution in [0.15, 0.2) is 36.7 Å². The summed E-state index contributed by atoms with van der Waals surface area (Å²) in [4.78, 5) is 23.3. The molecule has 0 saturated carbocycles. The van der Waals surface area contributed by atoms with Crippen molar-refractivity contribution in [2.24, 2.45) is 0 Å². The molecule has 126 valence electrons. The molecule has 1 N–H and O–H groups in total. The fourth-order valence-corrected chi connectivity index (χ4v) is 3.25. The molecule has 1 aromatic carbocycles. The van der Waals surface area contributed by atoms with Crippen molar-refractivity contribution in [3.05, 3.63) is 47.8 Å². The summed E-state index contributed by atoms with van der Waals surface area (Å²) in [5.41, 5.74) is 3.27. The van der Waals surface area contributed by atoms with Gasteiger partial charge in [-0.2, -0.15) is 0 Å². The number of likely N-dealkylation sites (N-methyl/N-ethyl adjacent to an activating group) is 1. The third kappa shape index (κ3) is 3.79. The lowest BCUT2D eigenvalue weighted by Crippen LogP contribution is -2.48. The van der Waals surface area contributed by atoms with Crippen molar-refractivity contribution in [2.45, 2.75) is 38.8 Å². The summed E-state index contributed by atoms with van der Waals surface area (Å²) in [5.74, 6) is 0.843. The largest absolute Gasteiger partial charge is 0.358 e. The van der Waals surface area contributed by atoms with Gasteiger partial charge in [0, 0.05) is 37.1 Å². The second-order valence-corrected chi connectivity index (χ2v) is 6.38. The molecule has 0 unspecified atom stereocenters. The summed E-state index contributed by atoms with van der Waals surface area (Å²) in [6.45, 7) is 3.72. The molecule has 1 aromatic heterocycles. The first-order chi connectivity index (χ1) is 11.7. The van der Waals surface area contributed by atoms with Gasteiger partial charge in [-0.15, -0.1) is 0 Å². The van der Waals surface area contributed by atoms with Gasteiger partial charge in [0.15, 0.2) is 5.82 Å². The predicted molar refractivity (Wildman–Crippen MR) is 94.3 cm³/mol. The molecule has 1 aliphatic rings. The number of carbonyl (C=O) groups excluding carboxylic acids is 1. The Hall–Kier alpha value is -2.27. The number of aromatic nitrogens is 2. The number of rotatable bonds is 4. The Balaban J connectivity index is 1.72. The molecule has 1 saturated heterocycles. The number of hydrogen-bond donors (Lipinski definition) is 1. The van der Waals surface area contributed by atoms with Gasteiger partial charge < -0.3 is 5.32 Å². The van der Waals surface area contributed by atoms with E-state index < -0.39 is 0 Å². The van der Waals surface area contributed by atoms with Gasteiger partial charge in [-0.1, -0.05) is 30.2 Å². The molecule has 0 bridgehead atoms. The van der Waals surface area contributed by atoms with Crippen LogP contribution < -0.4 is 5.32 Å². The van der Waals surface area contributed by atoms with Crippen molar-refractivity contribution in [1.29, 1.82) is 0 Å². The maximum atomic E-state index is 12.1. The quantitative estimate of drug-likeness (QED) is 0.939. The van der Waals surface area contributed by atoms with Crippen LogP contribution >= 0.6 is 0 Å². The molecule has 2 aromatic rings. The highest BCUT2D eigenvalue weighted by molar-refractivity contribution is 5.81. The highest BCUT2D eigenvalue weighted by Crippen LogP contribution is 2.20. The number of amides is 1. The highest BCUT2D eigenvalue weighted by atomic mass is 16.2. The number of likely N-dealkylation sites (tertiary alicyclic amines) is 1. The van der Waals surface area contributed by atoms with E-state index >= 15 is 0 Å². The molecule has 5 nitrogen and oxygen atoms in total. The number of nitrogens with one attached hydrogen (secondary N) is 1. The summed E-state index contributed by atoms with van der Waals surface area (Å²) >= 11 is 0. The molecular weight excluding hydrogens is 300 g/mol. The Bertz CT molecular complexity index is 699. The zero-order valence-corrected chi connectivity index (χ0v) is 14.3. The minimum Gasteiger partial charge on any atom is -0.358 e. The van der Waals surface area contributed by atoms with E-state index in [1.807, 2.05) is 24.5 Å². The van der Waals surface area contributed by atoms with Gasteiger partial charge in [0.2, 0.25) is 5.91 Å². The van der Waals surface area contributed by atoms with Gasteiger partial charge in [0.1, 0.15) is 0 Å². The number of hydrogen-bond acceptors (Lipinski definition) is 4. The summed E-state index contributed by atoms with van der Waals surface area (Å²) in [6.07, 6.45) is 6.91. The Morgan fingerprint density at radius 3 is 2.79 bits per heavy atom. The molecule has 3 rings (SSSR count). The van der Waals surface area contributed by atoms with E-state index in [2.05, 4.69) is 39.2 Å². The van der Waals surface area contributed by atoms with Gasteiger partial charge in [-0.05, 0) is 32.4 Å². The molecule has 2 heterocycles. The molecule has 0 radical (unpaired) electrons. The van der Waals surface area contributed by atoms with Crippen LogP contribution in [0.25, 0.3) is 11.4 Å². The van der Waals surface area contributed by atoms with Gasteiger partial charge in [0.05, 0.1) is 6.04 Å². The monoisotopic (exact) mass is 324 g/mol. The number of nitrogens with zero attached hydrogens (tertiary/aromatic N) is 3. The first-order valence-electron chi connectivity index (χ1n) is 8.51. The molecule has 1 atom stereocenters. The Morgan fingerprint density at radius 2 is 2.08 bits per heavy atom. The Morgan fingerprint density at radius 1 is 1.29 bits per heavy atom. The lowest BCUT2D eigenvalue weighted by atomic mass is 10.0. The molecule has 1 aliphatic heterocycles. The van der Waals surface area contributed by atoms with E-state index in [9.17, 15) is 4.79 Å². The Labute approximate surface area is 143 Å². The van der Waals surface area contributed by atoms with Crippen molar-refractivity contribution >= 4 is 5.91 Å². The van der Waals surface area contributed by atoms with Crippen LogP contribution in [-0.2, 0) is 11.3 Å². The maximum absolute atomic E-state index is 12.1. The van der Waals surface area contributed by atoms with Crippen molar-refractivity contribution in [3.8, 4) is 11.4 Å². The maximum Gasteiger partial charge on any atom is 0.237 e. The van der Waals surface area contributed by atoms with E-state index in [0.29, 0.717) is 6.54 Å². The number of carbonyl (C=O) groups is 1. The third-order valence-electron chi connectivity index (χ3n) is 4.53. The predicted octanol–water partition coefficient (Wildman–Crippen LogP) is 2.55. The van der Waals surface area contributed by atoms with E-state index in [0.717, 1.165) is 42.8 Å². The van der Waals surface area contributed by atoms with Crippen molar-refractivity contribution < 1.29 is 4.79 Å². The number of benzene rings is 1. The summed E-state index contributed by atoms with van der Waals surface area (Å²) in [7, 11) is 1.70. The van der Waals surface area contributed by atoms with Crippen LogP contribution in [0, 0.1) is 6.92 Å². The fourth-order valence-electron chi connectivity index (χ4n) is 3.25. The normalized spacial score (nSPS) is 18.3. The zero-order valence-electron chi connectivity index (χ0n) is 14.3. The Kier molecular flexibility index (Phi) is 5.20. The smallest absolute Gasteiger partial charge is 0.237 e. The number of piperidine rings is 1. The van der Waals surface area contributed by atoms with Gasteiger partial charge in [-0.3, -0.25) is 9.69 Å². The topological polar surface area (TPSA) is 58.1 Å². The van der Waals surface area contributed by atoms with Crippen LogP contribution in [0.5, 0.6) is 0 Å². The van der Waals surface area contributed by atoms with Crippen LogP contribution in [0.3, 0.4) is 0 Å². The van der Waals surface area contributed by atoms with Gasteiger partial charge >= 0.3 is 0 Å². The van der Waals surface area contributed by atoms with E-state index in [4.69, 9.17) is 0 Å². The number of aryl methyl sites for hydroxylation is 1. The van der Waals surface area contributed by atoms with Crippen molar-refractivity contribution in [3.63, 3.8) is 0 Å². The average molecular weight is 324 g/mol.